The van der Waals surface area contributed by atoms with Gasteiger partial charge in [-0.15, -0.1) is 11.3 Å². The molecule has 1 aromatic rings. The topological polar surface area (TPSA) is 49.4 Å². The second-order valence-electron chi connectivity index (χ2n) is 4.73. The molecule has 4 nitrogen and oxygen atoms in total. The van der Waals surface area contributed by atoms with Crippen molar-refractivity contribution in [2.75, 3.05) is 13.1 Å². The van der Waals surface area contributed by atoms with E-state index < -0.39 is 0 Å². The Hall–Kier alpha value is -0.880. The molecule has 1 aliphatic heterocycles. The fraction of sp³-hybridized carbons (Fsp3) is 0.538. The maximum absolute atomic E-state index is 12.0. The van der Waals surface area contributed by atoms with E-state index in [0.717, 1.165) is 22.2 Å². The van der Waals surface area contributed by atoms with Gasteiger partial charge in [0.1, 0.15) is 0 Å². The van der Waals surface area contributed by atoms with Crippen molar-refractivity contribution in [2.24, 2.45) is 5.92 Å². The summed E-state index contributed by atoms with van der Waals surface area (Å²) in [6.07, 6.45) is 1.53. The van der Waals surface area contributed by atoms with Crippen LogP contribution in [0.2, 0.25) is 0 Å². The lowest BCUT2D eigenvalue weighted by Crippen LogP contribution is -2.42. The molecule has 1 fully saturated rings. The molecule has 0 spiro atoms. The molecule has 1 aromatic heterocycles. The highest BCUT2D eigenvalue weighted by Crippen LogP contribution is 2.20. The van der Waals surface area contributed by atoms with Gasteiger partial charge in [0.15, 0.2) is 0 Å². The summed E-state index contributed by atoms with van der Waals surface area (Å²) < 4.78 is 1.05. The highest BCUT2D eigenvalue weighted by atomic mass is 79.9. The van der Waals surface area contributed by atoms with Gasteiger partial charge in [0, 0.05) is 40.7 Å². The smallest absolute Gasteiger partial charge is 0.223 e. The Labute approximate surface area is 125 Å². The molecule has 0 bridgehead atoms. The lowest BCUT2D eigenvalue weighted by Gasteiger charge is -2.30. The van der Waals surface area contributed by atoms with Crippen LogP contribution in [-0.2, 0) is 16.1 Å². The van der Waals surface area contributed by atoms with Crippen molar-refractivity contribution in [2.45, 2.75) is 26.3 Å². The summed E-state index contributed by atoms with van der Waals surface area (Å²) in [5.74, 6) is 0.244. The molecule has 2 amide bonds. The number of thiophene rings is 1. The van der Waals surface area contributed by atoms with Crippen molar-refractivity contribution in [3.05, 3.63) is 20.8 Å². The van der Waals surface area contributed by atoms with Gasteiger partial charge in [-0.25, -0.2) is 0 Å². The number of nitrogens with zero attached hydrogens (tertiary/aromatic N) is 1. The predicted molar refractivity (Wildman–Crippen MR) is 78.8 cm³/mol. The predicted octanol–water partition coefficient (Wildman–Crippen LogP) is 2.39. The maximum Gasteiger partial charge on any atom is 0.223 e. The number of halogens is 1. The fourth-order valence-electron chi connectivity index (χ4n) is 2.22. The van der Waals surface area contributed by atoms with E-state index in [-0.39, 0.29) is 17.7 Å². The molecule has 19 heavy (non-hydrogen) atoms. The second-order valence-corrected chi connectivity index (χ2v) is 6.64. The van der Waals surface area contributed by atoms with Gasteiger partial charge in [0.25, 0.3) is 0 Å². The van der Waals surface area contributed by atoms with Gasteiger partial charge in [0.05, 0.1) is 6.54 Å². The maximum atomic E-state index is 12.0. The van der Waals surface area contributed by atoms with Gasteiger partial charge in [-0.1, -0.05) is 0 Å². The van der Waals surface area contributed by atoms with Crippen molar-refractivity contribution < 1.29 is 9.59 Å². The van der Waals surface area contributed by atoms with Gasteiger partial charge in [0.2, 0.25) is 11.8 Å². The zero-order valence-corrected chi connectivity index (χ0v) is 13.2. The van der Waals surface area contributed by atoms with Crippen LogP contribution in [0.25, 0.3) is 0 Å². The first kappa shape index (κ1) is 14.5. The van der Waals surface area contributed by atoms with Crippen molar-refractivity contribution in [1.29, 1.82) is 0 Å². The van der Waals surface area contributed by atoms with E-state index in [0.29, 0.717) is 19.6 Å². The van der Waals surface area contributed by atoms with Crippen molar-refractivity contribution in [3.63, 3.8) is 0 Å². The van der Waals surface area contributed by atoms with Gasteiger partial charge < -0.3 is 10.2 Å². The number of hydrogen-bond donors (Lipinski definition) is 1. The third-order valence-corrected chi connectivity index (χ3v) is 5.07. The van der Waals surface area contributed by atoms with Crippen LogP contribution < -0.4 is 5.32 Å². The minimum atomic E-state index is 0.0407. The molecule has 0 unspecified atom stereocenters. The van der Waals surface area contributed by atoms with Crippen LogP contribution >= 0.6 is 27.3 Å². The molecule has 0 atom stereocenters. The average molecular weight is 345 g/mol. The molecule has 6 heteroatoms. The highest BCUT2D eigenvalue weighted by molar-refractivity contribution is 9.10. The van der Waals surface area contributed by atoms with Crippen molar-refractivity contribution in [3.8, 4) is 0 Å². The van der Waals surface area contributed by atoms with Crippen LogP contribution in [0.5, 0.6) is 0 Å². The molecule has 2 heterocycles. The van der Waals surface area contributed by atoms with Crippen LogP contribution in [-0.4, -0.2) is 29.8 Å². The van der Waals surface area contributed by atoms with E-state index >= 15 is 0 Å². The number of nitrogens with one attached hydrogen (secondary N) is 1. The molecule has 0 radical (unpaired) electrons. The summed E-state index contributed by atoms with van der Waals surface area (Å²) in [4.78, 5) is 26.2. The Morgan fingerprint density at radius 1 is 1.47 bits per heavy atom. The SMILES string of the molecule is CC(=O)N1CCC(C(=O)NCc2cc(Br)cs2)CC1. The fourth-order valence-corrected chi connectivity index (χ4v) is 3.61. The van der Waals surface area contributed by atoms with Gasteiger partial charge in [-0.2, -0.15) is 0 Å². The number of hydrogen-bond acceptors (Lipinski definition) is 3. The standard InChI is InChI=1S/C13H17BrN2O2S/c1-9(17)16-4-2-10(3-5-16)13(18)15-7-12-6-11(14)8-19-12/h6,8,10H,2-5,7H2,1H3,(H,15,18). The Morgan fingerprint density at radius 2 is 2.16 bits per heavy atom. The molecular weight excluding hydrogens is 328 g/mol. The van der Waals surface area contributed by atoms with Crippen molar-refractivity contribution in [1.82, 2.24) is 10.2 Å². The Morgan fingerprint density at radius 3 is 2.68 bits per heavy atom. The summed E-state index contributed by atoms with van der Waals surface area (Å²) in [7, 11) is 0. The summed E-state index contributed by atoms with van der Waals surface area (Å²) in [6.45, 7) is 3.55. The van der Waals surface area contributed by atoms with Crippen LogP contribution in [0.1, 0.15) is 24.6 Å². The molecule has 1 N–H and O–H groups in total. The van der Waals surface area contributed by atoms with Gasteiger partial charge in [-0.3, -0.25) is 9.59 Å². The number of amides is 2. The molecule has 1 aliphatic rings. The van der Waals surface area contributed by atoms with E-state index in [1.165, 1.54) is 0 Å². The van der Waals surface area contributed by atoms with Crippen LogP contribution in [0.3, 0.4) is 0 Å². The van der Waals surface area contributed by atoms with Crippen LogP contribution in [0.4, 0.5) is 0 Å². The van der Waals surface area contributed by atoms with E-state index in [2.05, 4.69) is 21.2 Å². The molecule has 1 saturated heterocycles. The van der Waals surface area contributed by atoms with E-state index in [1.54, 1.807) is 23.2 Å². The summed E-state index contributed by atoms with van der Waals surface area (Å²) in [6, 6.07) is 2.02. The van der Waals surface area contributed by atoms with E-state index in [4.69, 9.17) is 0 Å². The van der Waals surface area contributed by atoms with Crippen LogP contribution in [0, 0.1) is 5.92 Å². The van der Waals surface area contributed by atoms with Gasteiger partial charge >= 0.3 is 0 Å². The Balaban J connectivity index is 1.77. The van der Waals surface area contributed by atoms with Crippen LogP contribution in [0.15, 0.2) is 15.9 Å². The lowest BCUT2D eigenvalue weighted by atomic mass is 9.96. The number of carbonyl (C=O) groups is 2. The summed E-state index contributed by atoms with van der Waals surface area (Å²) in [5, 5.41) is 4.98. The first-order chi connectivity index (χ1) is 9.06. The number of carbonyl (C=O) groups excluding carboxylic acids is 2. The first-order valence-corrected chi connectivity index (χ1v) is 7.99. The molecule has 2 rings (SSSR count). The zero-order valence-electron chi connectivity index (χ0n) is 10.8. The van der Waals surface area contributed by atoms with Crippen molar-refractivity contribution >= 4 is 39.1 Å². The third-order valence-electron chi connectivity index (χ3n) is 3.37. The first-order valence-electron chi connectivity index (χ1n) is 6.32. The normalized spacial score (nSPS) is 16.4. The highest BCUT2D eigenvalue weighted by Gasteiger charge is 2.25. The monoisotopic (exact) mass is 344 g/mol. The second kappa shape index (κ2) is 6.52. The molecule has 0 saturated carbocycles. The summed E-state index contributed by atoms with van der Waals surface area (Å²) in [5.41, 5.74) is 0. The van der Waals surface area contributed by atoms with E-state index in [9.17, 15) is 9.59 Å². The number of likely N-dealkylation sites (tertiary alicyclic amines) is 1. The summed E-state index contributed by atoms with van der Waals surface area (Å²) >= 11 is 5.02. The molecule has 104 valence electrons. The van der Waals surface area contributed by atoms with E-state index in [1.807, 2.05) is 11.4 Å². The lowest BCUT2D eigenvalue weighted by molar-refractivity contribution is -0.134. The quantitative estimate of drug-likeness (QED) is 0.915. The average Bonchev–Trinajstić information content (AvgIpc) is 2.82. The molecular formula is C13H17BrN2O2S. The Bertz CT molecular complexity index is 467. The molecule has 0 aromatic carbocycles. The minimum Gasteiger partial charge on any atom is -0.351 e. The third kappa shape index (κ3) is 4.04. The Kier molecular flexibility index (Phi) is 4.99. The van der Waals surface area contributed by atoms with Gasteiger partial charge in [-0.05, 0) is 34.8 Å². The largest absolute Gasteiger partial charge is 0.351 e. The molecule has 0 aliphatic carbocycles. The minimum absolute atomic E-state index is 0.0407. The number of piperidine rings is 1. The zero-order chi connectivity index (χ0) is 13.8. The number of rotatable bonds is 3.